The molecule has 24 heavy (non-hydrogen) atoms. The number of benzene rings is 2. The van der Waals surface area contributed by atoms with Gasteiger partial charge in [0.05, 0.1) is 0 Å². The number of anilines is 1. The molecule has 0 aliphatic heterocycles. The molecule has 1 aromatic heterocycles. The summed E-state index contributed by atoms with van der Waals surface area (Å²) in [4.78, 5) is 17.4. The molecule has 2 aromatic carbocycles. The second kappa shape index (κ2) is 6.58. The number of carbonyl (C=O) groups excluding carboxylic acids is 1. The summed E-state index contributed by atoms with van der Waals surface area (Å²) in [6.07, 6.45) is 3.41. The van der Waals surface area contributed by atoms with Crippen LogP contribution in [0.5, 0.6) is 5.75 Å². The van der Waals surface area contributed by atoms with Gasteiger partial charge in [0.25, 0.3) is 5.91 Å². The molecule has 0 bridgehead atoms. The predicted octanol–water partition coefficient (Wildman–Crippen LogP) is 2.95. The third-order valence-corrected chi connectivity index (χ3v) is 3.84. The molecule has 2 N–H and O–H groups in total. The molecule has 0 aliphatic rings. The molecule has 0 aliphatic carbocycles. The van der Waals surface area contributed by atoms with E-state index in [0.29, 0.717) is 11.4 Å². The van der Waals surface area contributed by atoms with Gasteiger partial charge in [0.15, 0.2) is 6.61 Å². The highest BCUT2D eigenvalue weighted by atomic mass is 16.5. The summed E-state index contributed by atoms with van der Waals surface area (Å²) in [5, 5.41) is 2.08. The number of hydrogen-bond donors (Lipinski definition) is 1. The first-order chi connectivity index (χ1) is 11.6. The predicted molar refractivity (Wildman–Crippen MR) is 95.8 cm³/mol. The highest BCUT2D eigenvalue weighted by molar-refractivity contribution is 6.00. The second-order valence-electron chi connectivity index (χ2n) is 5.73. The molecule has 0 spiro atoms. The van der Waals surface area contributed by atoms with Crippen molar-refractivity contribution in [1.29, 1.82) is 0 Å². The van der Waals surface area contributed by atoms with Crippen LogP contribution in [0.4, 0.5) is 5.69 Å². The normalized spacial score (nSPS) is 10.6. The number of nitrogen functional groups attached to an aromatic ring is 1. The molecule has 1 heterocycles. The molecule has 0 saturated carbocycles. The lowest BCUT2D eigenvalue weighted by molar-refractivity contribution is -0.130. The molecule has 0 unspecified atom stereocenters. The second-order valence-corrected chi connectivity index (χ2v) is 5.73. The number of rotatable bonds is 4. The van der Waals surface area contributed by atoms with E-state index >= 15 is 0 Å². The Kier molecular flexibility index (Phi) is 4.33. The van der Waals surface area contributed by atoms with Crippen LogP contribution in [0.25, 0.3) is 21.9 Å². The molecule has 0 saturated heterocycles. The van der Waals surface area contributed by atoms with Crippen LogP contribution in [0.15, 0.2) is 54.9 Å². The van der Waals surface area contributed by atoms with Gasteiger partial charge in [0.2, 0.25) is 0 Å². The molecule has 5 nitrogen and oxygen atoms in total. The van der Waals surface area contributed by atoms with Crippen molar-refractivity contribution in [2.45, 2.75) is 0 Å². The summed E-state index contributed by atoms with van der Waals surface area (Å²) in [6.45, 7) is -0.00664. The van der Waals surface area contributed by atoms with Gasteiger partial charge in [-0.3, -0.25) is 9.78 Å². The highest BCUT2D eigenvalue weighted by Crippen LogP contribution is 2.35. The van der Waals surface area contributed by atoms with Crippen LogP contribution < -0.4 is 10.5 Å². The van der Waals surface area contributed by atoms with Crippen LogP contribution in [0.2, 0.25) is 0 Å². The topological polar surface area (TPSA) is 68.5 Å². The Morgan fingerprint density at radius 3 is 2.71 bits per heavy atom. The van der Waals surface area contributed by atoms with Gasteiger partial charge >= 0.3 is 0 Å². The standard InChI is InChI=1S/C19H19N3O2/c1-22(2)19(23)12-24-14-9-13-5-3-4-6-15(13)16(10-14)17-11-21-8-7-18(17)20/h3-11H,12H2,1-2H3,(H2,20,21). The lowest BCUT2D eigenvalue weighted by Gasteiger charge is -2.14. The first-order valence-corrected chi connectivity index (χ1v) is 7.62. The molecule has 122 valence electrons. The molecule has 0 fully saturated rings. The average molecular weight is 321 g/mol. The molecule has 1 amide bonds. The largest absolute Gasteiger partial charge is 0.484 e. The van der Waals surface area contributed by atoms with E-state index in [1.54, 1.807) is 32.6 Å². The molecule has 0 radical (unpaired) electrons. The third-order valence-electron chi connectivity index (χ3n) is 3.84. The minimum Gasteiger partial charge on any atom is -0.484 e. The van der Waals surface area contributed by atoms with Crippen molar-refractivity contribution in [1.82, 2.24) is 9.88 Å². The van der Waals surface area contributed by atoms with Crippen molar-refractivity contribution < 1.29 is 9.53 Å². The number of pyridine rings is 1. The molecular formula is C19H19N3O2. The number of ether oxygens (including phenoxy) is 1. The zero-order valence-corrected chi connectivity index (χ0v) is 13.7. The fraction of sp³-hybridized carbons (Fsp3) is 0.158. The summed E-state index contributed by atoms with van der Waals surface area (Å²) in [7, 11) is 3.40. The molecule has 5 heteroatoms. The van der Waals surface area contributed by atoms with Crippen molar-refractivity contribution >= 4 is 22.4 Å². The van der Waals surface area contributed by atoms with Crippen molar-refractivity contribution in [2.75, 3.05) is 26.4 Å². The van der Waals surface area contributed by atoms with Crippen molar-refractivity contribution in [3.63, 3.8) is 0 Å². The van der Waals surface area contributed by atoms with Crippen LogP contribution in [0.3, 0.4) is 0 Å². The number of hydrogen-bond acceptors (Lipinski definition) is 4. The minimum atomic E-state index is -0.0920. The molecule has 3 aromatic rings. The van der Waals surface area contributed by atoms with Gasteiger partial charge in [-0.15, -0.1) is 0 Å². The summed E-state index contributed by atoms with van der Waals surface area (Å²) in [5.74, 6) is 0.535. The Hall–Kier alpha value is -3.08. The van der Waals surface area contributed by atoms with E-state index in [2.05, 4.69) is 4.98 Å². The SMILES string of the molecule is CN(C)C(=O)COc1cc(-c2cnccc2N)c2ccccc2c1. The number of amides is 1. The van der Waals surface area contributed by atoms with Crippen LogP contribution in [-0.4, -0.2) is 36.5 Å². The summed E-state index contributed by atoms with van der Waals surface area (Å²) >= 11 is 0. The van der Waals surface area contributed by atoms with Gasteiger partial charge in [-0.25, -0.2) is 0 Å². The fourth-order valence-corrected chi connectivity index (χ4v) is 2.49. The van der Waals surface area contributed by atoms with Gasteiger partial charge < -0.3 is 15.4 Å². The van der Waals surface area contributed by atoms with Gasteiger partial charge in [-0.2, -0.15) is 0 Å². The monoisotopic (exact) mass is 321 g/mol. The van der Waals surface area contributed by atoms with Gasteiger partial charge in [0.1, 0.15) is 5.75 Å². The lowest BCUT2D eigenvalue weighted by Crippen LogP contribution is -2.27. The minimum absolute atomic E-state index is 0.00664. The Morgan fingerprint density at radius 1 is 1.17 bits per heavy atom. The van der Waals surface area contributed by atoms with E-state index in [1.165, 1.54) is 4.90 Å². The van der Waals surface area contributed by atoms with Gasteiger partial charge in [0, 0.05) is 37.7 Å². The zero-order chi connectivity index (χ0) is 17.1. The quantitative estimate of drug-likeness (QED) is 0.802. The summed E-state index contributed by atoms with van der Waals surface area (Å²) in [6, 6.07) is 13.6. The molecule has 0 atom stereocenters. The van der Waals surface area contributed by atoms with E-state index in [4.69, 9.17) is 10.5 Å². The van der Waals surface area contributed by atoms with Gasteiger partial charge in [-0.1, -0.05) is 24.3 Å². The average Bonchev–Trinajstić information content (AvgIpc) is 2.59. The summed E-state index contributed by atoms with van der Waals surface area (Å²) in [5.41, 5.74) is 8.55. The Balaban J connectivity index is 2.07. The Labute approximate surface area is 140 Å². The maximum Gasteiger partial charge on any atom is 0.259 e. The third kappa shape index (κ3) is 3.15. The number of fused-ring (bicyclic) bond motifs is 1. The van der Waals surface area contributed by atoms with Gasteiger partial charge in [-0.05, 0) is 34.5 Å². The number of likely N-dealkylation sites (N-methyl/N-ethyl adjacent to an activating group) is 1. The van der Waals surface area contributed by atoms with Crippen LogP contribution in [0, 0.1) is 0 Å². The van der Waals surface area contributed by atoms with E-state index < -0.39 is 0 Å². The van der Waals surface area contributed by atoms with Crippen molar-refractivity contribution in [3.8, 4) is 16.9 Å². The van der Waals surface area contributed by atoms with Crippen LogP contribution >= 0.6 is 0 Å². The smallest absolute Gasteiger partial charge is 0.259 e. The van der Waals surface area contributed by atoms with E-state index in [9.17, 15) is 4.79 Å². The maximum absolute atomic E-state index is 11.8. The number of nitrogens with two attached hydrogens (primary N) is 1. The number of carbonyl (C=O) groups is 1. The number of nitrogens with zero attached hydrogens (tertiary/aromatic N) is 2. The maximum atomic E-state index is 11.8. The summed E-state index contributed by atoms with van der Waals surface area (Å²) < 4.78 is 5.69. The Bertz CT molecular complexity index is 891. The van der Waals surface area contributed by atoms with E-state index in [0.717, 1.165) is 21.9 Å². The van der Waals surface area contributed by atoms with E-state index in [-0.39, 0.29) is 12.5 Å². The fourth-order valence-electron chi connectivity index (χ4n) is 2.49. The Morgan fingerprint density at radius 2 is 1.96 bits per heavy atom. The van der Waals surface area contributed by atoms with Crippen LogP contribution in [0.1, 0.15) is 0 Å². The molecule has 3 rings (SSSR count). The number of aromatic nitrogens is 1. The van der Waals surface area contributed by atoms with Crippen molar-refractivity contribution in [3.05, 3.63) is 54.9 Å². The zero-order valence-electron chi connectivity index (χ0n) is 13.7. The lowest BCUT2D eigenvalue weighted by atomic mass is 9.98. The first-order valence-electron chi connectivity index (χ1n) is 7.62. The first kappa shape index (κ1) is 15.8. The molecular weight excluding hydrogens is 302 g/mol. The highest BCUT2D eigenvalue weighted by Gasteiger charge is 2.11. The van der Waals surface area contributed by atoms with Crippen molar-refractivity contribution in [2.24, 2.45) is 0 Å². The van der Waals surface area contributed by atoms with Crippen LogP contribution in [-0.2, 0) is 4.79 Å². The van der Waals surface area contributed by atoms with E-state index in [1.807, 2.05) is 36.4 Å².